The van der Waals surface area contributed by atoms with Gasteiger partial charge in [-0.2, -0.15) is 0 Å². The van der Waals surface area contributed by atoms with Crippen LogP contribution in [0.5, 0.6) is 5.75 Å². The molecule has 2 rings (SSSR count). The minimum atomic E-state index is -0.129. The van der Waals surface area contributed by atoms with Crippen molar-refractivity contribution in [3.8, 4) is 5.75 Å². The number of carbonyl (C=O) groups is 1. The molecule has 0 aliphatic carbocycles. The standard InChI is InChI=1S/C16H18N2O2/c1-11-8-12(2)15(14(9-11)20-3)16(19)18-10-13-4-6-17-7-5-13/h4-9H,10H2,1-3H3,(H,18,19). The normalized spacial score (nSPS) is 10.2. The molecule has 4 heteroatoms. The predicted octanol–water partition coefficient (Wildman–Crippen LogP) is 2.64. The molecule has 0 spiro atoms. The van der Waals surface area contributed by atoms with Crippen LogP contribution in [0.15, 0.2) is 36.7 Å². The minimum Gasteiger partial charge on any atom is -0.496 e. The summed E-state index contributed by atoms with van der Waals surface area (Å²) in [6.07, 6.45) is 3.42. The molecule has 20 heavy (non-hydrogen) atoms. The van der Waals surface area contributed by atoms with Gasteiger partial charge in [-0.25, -0.2) is 0 Å². The molecule has 0 fully saturated rings. The van der Waals surface area contributed by atoms with Crippen molar-refractivity contribution in [2.24, 2.45) is 0 Å². The van der Waals surface area contributed by atoms with Gasteiger partial charge in [-0.05, 0) is 48.7 Å². The van der Waals surface area contributed by atoms with Crippen LogP contribution in [0.1, 0.15) is 27.0 Å². The Morgan fingerprint density at radius 1 is 1.25 bits per heavy atom. The summed E-state index contributed by atoms with van der Waals surface area (Å²) in [6, 6.07) is 7.59. The Bertz CT molecular complexity index is 609. The van der Waals surface area contributed by atoms with E-state index in [0.717, 1.165) is 16.7 Å². The molecular formula is C16H18N2O2. The average Bonchev–Trinajstić information content (AvgIpc) is 2.45. The second-order valence-corrected chi connectivity index (χ2v) is 4.70. The summed E-state index contributed by atoms with van der Waals surface area (Å²) >= 11 is 0. The Kier molecular flexibility index (Phi) is 4.35. The van der Waals surface area contributed by atoms with Crippen molar-refractivity contribution in [3.05, 3.63) is 58.9 Å². The molecule has 0 saturated carbocycles. The first-order valence-electron chi connectivity index (χ1n) is 6.44. The third-order valence-electron chi connectivity index (χ3n) is 3.09. The SMILES string of the molecule is COc1cc(C)cc(C)c1C(=O)NCc1ccncc1. The molecular weight excluding hydrogens is 252 g/mol. The lowest BCUT2D eigenvalue weighted by atomic mass is 10.0. The van der Waals surface area contributed by atoms with Gasteiger partial charge in [0.25, 0.3) is 5.91 Å². The molecule has 104 valence electrons. The molecule has 1 aromatic carbocycles. The van der Waals surface area contributed by atoms with Gasteiger partial charge in [-0.3, -0.25) is 9.78 Å². The highest BCUT2D eigenvalue weighted by molar-refractivity contribution is 5.98. The van der Waals surface area contributed by atoms with Crippen molar-refractivity contribution in [1.82, 2.24) is 10.3 Å². The van der Waals surface area contributed by atoms with Gasteiger partial charge in [-0.15, -0.1) is 0 Å². The molecule has 4 nitrogen and oxygen atoms in total. The van der Waals surface area contributed by atoms with Crippen LogP contribution in [0, 0.1) is 13.8 Å². The summed E-state index contributed by atoms with van der Waals surface area (Å²) in [5.41, 5.74) is 3.59. The predicted molar refractivity (Wildman–Crippen MR) is 77.9 cm³/mol. The lowest BCUT2D eigenvalue weighted by molar-refractivity contribution is 0.0947. The van der Waals surface area contributed by atoms with Gasteiger partial charge in [0.15, 0.2) is 0 Å². The van der Waals surface area contributed by atoms with Crippen LogP contribution in [0.4, 0.5) is 0 Å². The van der Waals surface area contributed by atoms with E-state index in [2.05, 4.69) is 10.3 Å². The van der Waals surface area contributed by atoms with Gasteiger partial charge < -0.3 is 10.1 Å². The maximum Gasteiger partial charge on any atom is 0.255 e. The summed E-state index contributed by atoms with van der Waals surface area (Å²) in [7, 11) is 1.58. The molecule has 0 aliphatic heterocycles. The van der Waals surface area contributed by atoms with Crippen LogP contribution in [-0.2, 0) is 6.54 Å². The van der Waals surface area contributed by atoms with E-state index < -0.39 is 0 Å². The molecule has 0 bridgehead atoms. The quantitative estimate of drug-likeness (QED) is 0.929. The molecule has 0 saturated heterocycles. The number of hydrogen-bond donors (Lipinski definition) is 1. The van der Waals surface area contributed by atoms with Crippen molar-refractivity contribution in [2.45, 2.75) is 20.4 Å². The Balaban J connectivity index is 2.17. The number of aryl methyl sites for hydroxylation is 2. The van der Waals surface area contributed by atoms with E-state index in [1.807, 2.05) is 38.1 Å². The van der Waals surface area contributed by atoms with Gasteiger partial charge >= 0.3 is 0 Å². The maximum atomic E-state index is 12.3. The smallest absolute Gasteiger partial charge is 0.255 e. The van der Waals surface area contributed by atoms with E-state index in [1.54, 1.807) is 19.5 Å². The Morgan fingerprint density at radius 2 is 1.95 bits per heavy atom. The van der Waals surface area contributed by atoms with Crippen molar-refractivity contribution in [2.75, 3.05) is 7.11 Å². The molecule has 0 aliphatic rings. The third-order valence-corrected chi connectivity index (χ3v) is 3.09. The zero-order chi connectivity index (χ0) is 14.5. The molecule has 1 amide bonds. The van der Waals surface area contributed by atoms with Gasteiger partial charge in [0.1, 0.15) is 5.75 Å². The number of carbonyl (C=O) groups excluding carboxylic acids is 1. The van der Waals surface area contributed by atoms with Crippen LogP contribution in [0.3, 0.4) is 0 Å². The fourth-order valence-corrected chi connectivity index (χ4v) is 2.15. The first-order valence-corrected chi connectivity index (χ1v) is 6.44. The Morgan fingerprint density at radius 3 is 2.60 bits per heavy atom. The number of hydrogen-bond acceptors (Lipinski definition) is 3. The highest BCUT2D eigenvalue weighted by Crippen LogP contribution is 2.24. The lowest BCUT2D eigenvalue weighted by Crippen LogP contribution is -2.24. The summed E-state index contributed by atoms with van der Waals surface area (Å²) in [5, 5.41) is 2.90. The largest absolute Gasteiger partial charge is 0.496 e. The molecule has 0 atom stereocenters. The number of pyridine rings is 1. The average molecular weight is 270 g/mol. The number of rotatable bonds is 4. The van der Waals surface area contributed by atoms with Crippen molar-refractivity contribution >= 4 is 5.91 Å². The topological polar surface area (TPSA) is 51.2 Å². The van der Waals surface area contributed by atoms with Crippen LogP contribution in [0.25, 0.3) is 0 Å². The second kappa shape index (κ2) is 6.19. The van der Waals surface area contributed by atoms with E-state index in [1.165, 1.54) is 0 Å². The molecule has 1 aromatic heterocycles. The van der Waals surface area contributed by atoms with Gasteiger partial charge in [-0.1, -0.05) is 6.07 Å². The van der Waals surface area contributed by atoms with Gasteiger partial charge in [0.05, 0.1) is 12.7 Å². The number of methoxy groups -OCH3 is 1. The van der Waals surface area contributed by atoms with Crippen molar-refractivity contribution in [1.29, 1.82) is 0 Å². The highest BCUT2D eigenvalue weighted by atomic mass is 16.5. The van der Waals surface area contributed by atoms with Crippen LogP contribution in [0.2, 0.25) is 0 Å². The lowest BCUT2D eigenvalue weighted by Gasteiger charge is -2.13. The summed E-state index contributed by atoms with van der Waals surface area (Å²) < 4.78 is 5.31. The third kappa shape index (κ3) is 3.15. The number of nitrogens with zero attached hydrogens (tertiary/aromatic N) is 1. The molecule has 0 radical (unpaired) electrons. The van der Waals surface area contributed by atoms with Gasteiger partial charge in [0.2, 0.25) is 0 Å². The van der Waals surface area contributed by atoms with E-state index in [0.29, 0.717) is 17.9 Å². The monoisotopic (exact) mass is 270 g/mol. The number of amides is 1. The van der Waals surface area contributed by atoms with Crippen molar-refractivity contribution < 1.29 is 9.53 Å². The Labute approximate surface area is 118 Å². The van der Waals surface area contributed by atoms with E-state index in [4.69, 9.17) is 4.74 Å². The first-order chi connectivity index (χ1) is 9.61. The first kappa shape index (κ1) is 14.1. The second-order valence-electron chi connectivity index (χ2n) is 4.70. The molecule has 1 heterocycles. The van der Waals surface area contributed by atoms with Crippen LogP contribution >= 0.6 is 0 Å². The molecule has 1 N–H and O–H groups in total. The van der Waals surface area contributed by atoms with Crippen molar-refractivity contribution in [3.63, 3.8) is 0 Å². The minimum absolute atomic E-state index is 0.129. The number of benzene rings is 1. The summed E-state index contributed by atoms with van der Waals surface area (Å²) in [5.74, 6) is 0.478. The van der Waals surface area contributed by atoms with Crippen LogP contribution < -0.4 is 10.1 Å². The molecule has 0 unspecified atom stereocenters. The number of aromatic nitrogens is 1. The zero-order valence-corrected chi connectivity index (χ0v) is 11.9. The fraction of sp³-hybridized carbons (Fsp3) is 0.250. The van der Waals surface area contributed by atoms with Crippen LogP contribution in [-0.4, -0.2) is 18.0 Å². The zero-order valence-electron chi connectivity index (χ0n) is 11.9. The number of nitrogens with one attached hydrogen (secondary N) is 1. The van der Waals surface area contributed by atoms with E-state index in [-0.39, 0.29) is 5.91 Å². The molecule has 2 aromatic rings. The maximum absolute atomic E-state index is 12.3. The van der Waals surface area contributed by atoms with E-state index in [9.17, 15) is 4.79 Å². The van der Waals surface area contributed by atoms with E-state index >= 15 is 0 Å². The van der Waals surface area contributed by atoms with Gasteiger partial charge in [0, 0.05) is 18.9 Å². The summed E-state index contributed by atoms with van der Waals surface area (Å²) in [4.78, 5) is 16.3. The fourth-order valence-electron chi connectivity index (χ4n) is 2.15. The highest BCUT2D eigenvalue weighted by Gasteiger charge is 2.15. The summed E-state index contributed by atoms with van der Waals surface area (Å²) in [6.45, 7) is 4.36. The number of ether oxygens (including phenoxy) is 1. The Hall–Kier alpha value is -2.36.